The van der Waals surface area contributed by atoms with Crippen LogP contribution in [0, 0.1) is 6.92 Å². The number of benzene rings is 1. The van der Waals surface area contributed by atoms with Gasteiger partial charge in [0.15, 0.2) is 5.71 Å². The number of carbonyl (C=O) groups is 2. The first kappa shape index (κ1) is 21.9. The van der Waals surface area contributed by atoms with Crippen molar-refractivity contribution in [2.45, 2.75) is 33.5 Å². The van der Waals surface area contributed by atoms with Crippen molar-refractivity contribution in [3.63, 3.8) is 0 Å². The van der Waals surface area contributed by atoms with Gasteiger partial charge in [0.1, 0.15) is 19.3 Å². The lowest BCUT2D eigenvalue weighted by molar-refractivity contribution is -0.114. The minimum atomic E-state index is -0.508. The van der Waals surface area contributed by atoms with E-state index in [9.17, 15) is 9.59 Å². The van der Waals surface area contributed by atoms with Crippen molar-refractivity contribution in [1.29, 1.82) is 0 Å². The zero-order valence-corrected chi connectivity index (χ0v) is 17.2. The predicted molar refractivity (Wildman–Crippen MR) is 108 cm³/mol. The smallest absolute Gasteiger partial charge is 0.343 e. The Hall–Kier alpha value is -3.42. The molecule has 0 bridgehead atoms. The lowest BCUT2D eigenvalue weighted by Gasteiger charge is -2.14. The normalized spacial score (nSPS) is 11.2. The van der Waals surface area contributed by atoms with E-state index in [4.69, 9.17) is 14.3 Å². The quantitative estimate of drug-likeness (QED) is 0.416. The Labute approximate surface area is 169 Å². The van der Waals surface area contributed by atoms with Gasteiger partial charge >= 0.3 is 5.97 Å². The van der Waals surface area contributed by atoms with Gasteiger partial charge in [-0.3, -0.25) is 4.79 Å². The van der Waals surface area contributed by atoms with Crippen LogP contribution in [0.1, 0.15) is 40.9 Å². The van der Waals surface area contributed by atoms with E-state index in [0.29, 0.717) is 11.1 Å². The van der Waals surface area contributed by atoms with Crippen LogP contribution in [0.5, 0.6) is 5.88 Å². The number of pyridine rings is 1. The molecule has 0 saturated heterocycles. The molecule has 2 rings (SSSR count). The van der Waals surface area contributed by atoms with Gasteiger partial charge in [0, 0.05) is 18.8 Å². The molecule has 8 nitrogen and oxygen atoms in total. The summed E-state index contributed by atoms with van der Waals surface area (Å²) in [7, 11) is 2.88. The molecule has 1 N–H and O–H groups in total. The third-order valence-corrected chi connectivity index (χ3v) is 3.81. The monoisotopic (exact) mass is 399 g/mol. The fourth-order valence-electron chi connectivity index (χ4n) is 2.54. The van der Waals surface area contributed by atoms with Gasteiger partial charge in [-0.05, 0) is 38.0 Å². The third-order valence-electron chi connectivity index (χ3n) is 3.81. The Morgan fingerprint density at radius 1 is 1.21 bits per heavy atom. The molecule has 1 aromatic heterocycles. The highest BCUT2D eigenvalue weighted by Gasteiger charge is 2.20. The van der Waals surface area contributed by atoms with Crippen molar-refractivity contribution < 1.29 is 23.9 Å². The number of rotatable bonds is 8. The molecule has 0 aliphatic carbocycles. The number of nitrogens with zero attached hydrogens (tertiary/aromatic N) is 2. The number of aromatic nitrogens is 1. The maximum atomic E-state index is 12.4. The van der Waals surface area contributed by atoms with Crippen molar-refractivity contribution in [2.75, 3.05) is 14.2 Å². The van der Waals surface area contributed by atoms with Crippen LogP contribution in [0.25, 0.3) is 0 Å². The minimum absolute atomic E-state index is 0.0634. The van der Waals surface area contributed by atoms with Crippen LogP contribution in [-0.4, -0.2) is 42.8 Å². The molecule has 2 aromatic rings. The first-order valence-electron chi connectivity index (χ1n) is 9.09. The maximum absolute atomic E-state index is 12.4. The zero-order chi connectivity index (χ0) is 21.4. The van der Waals surface area contributed by atoms with Crippen LogP contribution >= 0.6 is 0 Å². The molecular formula is C21H25N3O5. The Morgan fingerprint density at radius 2 is 1.93 bits per heavy atom. The van der Waals surface area contributed by atoms with E-state index in [1.54, 1.807) is 44.3 Å². The van der Waals surface area contributed by atoms with Crippen LogP contribution in [-0.2, 0) is 21.0 Å². The van der Waals surface area contributed by atoms with E-state index < -0.39 is 11.9 Å². The molecule has 1 amide bonds. The van der Waals surface area contributed by atoms with Crippen LogP contribution in [0.2, 0.25) is 0 Å². The fraction of sp³-hybridized carbons (Fsp3) is 0.333. The molecule has 1 aromatic carbocycles. The highest BCUT2D eigenvalue weighted by Crippen LogP contribution is 2.21. The second-order valence-corrected chi connectivity index (χ2v) is 6.47. The predicted octanol–water partition coefficient (Wildman–Crippen LogP) is 2.63. The number of aryl methyl sites for hydroxylation is 1. The second kappa shape index (κ2) is 10.2. The SMILES string of the molecule is CNC(=O)C(=NOC)c1ccccc1COc1ncc(C)cc1C(=O)OC(C)C. The molecule has 0 atom stereocenters. The summed E-state index contributed by atoms with van der Waals surface area (Å²) < 4.78 is 11.1. The average Bonchev–Trinajstić information content (AvgIpc) is 2.70. The molecule has 8 heteroatoms. The van der Waals surface area contributed by atoms with E-state index in [1.165, 1.54) is 14.2 Å². The van der Waals surface area contributed by atoms with Crippen molar-refractivity contribution >= 4 is 17.6 Å². The summed E-state index contributed by atoms with van der Waals surface area (Å²) in [6.07, 6.45) is 1.34. The molecule has 0 aliphatic heterocycles. The van der Waals surface area contributed by atoms with Crippen LogP contribution in [0.3, 0.4) is 0 Å². The number of amides is 1. The number of ether oxygens (including phenoxy) is 2. The van der Waals surface area contributed by atoms with Crippen molar-refractivity contribution in [3.05, 3.63) is 58.8 Å². The van der Waals surface area contributed by atoms with Gasteiger partial charge in [-0.1, -0.05) is 29.4 Å². The maximum Gasteiger partial charge on any atom is 0.343 e. The Morgan fingerprint density at radius 3 is 2.59 bits per heavy atom. The number of hydrogen-bond acceptors (Lipinski definition) is 7. The Balaban J connectivity index is 2.33. The molecule has 0 fully saturated rings. The number of hydrogen-bond donors (Lipinski definition) is 1. The number of esters is 1. The lowest BCUT2D eigenvalue weighted by atomic mass is 10.0. The van der Waals surface area contributed by atoms with E-state index in [1.807, 2.05) is 13.0 Å². The molecule has 0 spiro atoms. The number of nitrogens with one attached hydrogen (secondary N) is 1. The molecule has 0 unspecified atom stereocenters. The van der Waals surface area contributed by atoms with Gasteiger partial charge in [0.05, 0.1) is 6.10 Å². The largest absolute Gasteiger partial charge is 0.472 e. The minimum Gasteiger partial charge on any atom is -0.472 e. The van der Waals surface area contributed by atoms with E-state index in [0.717, 1.165) is 5.56 Å². The van der Waals surface area contributed by atoms with Gasteiger partial charge < -0.3 is 19.6 Å². The van der Waals surface area contributed by atoms with Crippen molar-refractivity contribution in [3.8, 4) is 5.88 Å². The van der Waals surface area contributed by atoms with Crippen molar-refractivity contribution in [2.24, 2.45) is 5.16 Å². The second-order valence-electron chi connectivity index (χ2n) is 6.47. The van der Waals surface area contributed by atoms with E-state index in [2.05, 4.69) is 15.5 Å². The summed E-state index contributed by atoms with van der Waals surface area (Å²) in [6.45, 7) is 5.43. The molecule has 29 heavy (non-hydrogen) atoms. The molecule has 154 valence electrons. The molecule has 0 radical (unpaired) electrons. The summed E-state index contributed by atoms with van der Waals surface area (Å²) in [4.78, 5) is 33.6. The van der Waals surface area contributed by atoms with Gasteiger partial charge in [0.25, 0.3) is 5.91 Å². The molecular weight excluding hydrogens is 374 g/mol. The summed E-state index contributed by atoms with van der Waals surface area (Å²) in [5.74, 6) is -0.748. The van der Waals surface area contributed by atoms with E-state index in [-0.39, 0.29) is 29.9 Å². The highest BCUT2D eigenvalue weighted by molar-refractivity contribution is 6.45. The summed E-state index contributed by atoms with van der Waals surface area (Å²) >= 11 is 0. The highest BCUT2D eigenvalue weighted by atomic mass is 16.6. The first-order valence-corrected chi connectivity index (χ1v) is 9.09. The summed E-state index contributed by atoms with van der Waals surface area (Å²) in [5.41, 5.74) is 2.39. The molecule has 0 aliphatic rings. The topological polar surface area (TPSA) is 99.1 Å². The van der Waals surface area contributed by atoms with Gasteiger partial charge in [-0.2, -0.15) is 0 Å². The first-order chi connectivity index (χ1) is 13.9. The number of likely N-dealkylation sites (N-methyl/N-ethyl adjacent to an activating group) is 1. The van der Waals surface area contributed by atoms with Gasteiger partial charge in [-0.15, -0.1) is 0 Å². The number of carbonyl (C=O) groups excluding carboxylic acids is 2. The van der Waals surface area contributed by atoms with Crippen molar-refractivity contribution in [1.82, 2.24) is 10.3 Å². The molecule has 0 saturated carbocycles. The lowest BCUT2D eigenvalue weighted by Crippen LogP contribution is -2.29. The van der Waals surface area contributed by atoms with Gasteiger partial charge in [0.2, 0.25) is 5.88 Å². The Bertz CT molecular complexity index is 909. The average molecular weight is 399 g/mol. The third kappa shape index (κ3) is 5.78. The van der Waals surface area contributed by atoms with Crippen LogP contribution < -0.4 is 10.1 Å². The summed E-state index contributed by atoms with van der Waals surface area (Å²) in [5, 5.41) is 6.36. The van der Waals surface area contributed by atoms with Crippen LogP contribution in [0.15, 0.2) is 41.7 Å². The van der Waals surface area contributed by atoms with Crippen LogP contribution in [0.4, 0.5) is 0 Å². The number of oxime groups is 1. The van der Waals surface area contributed by atoms with E-state index >= 15 is 0 Å². The zero-order valence-electron chi connectivity index (χ0n) is 17.2. The summed E-state index contributed by atoms with van der Waals surface area (Å²) in [6, 6.07) is 8.79. The standard InChI is InChI=1S/C21H25N3O5/c1-13(2)29-21(26)17-10-14(3)11-23-20(17)28-12-15-8-6-7-9-16(15)18(24-27-5)19(25)22-4/h6-11,13H,12H2,1-5H3,(H,22,25). The molecule has 1 heterocycles. The fourth-order valence-corrected chi connectivity index (χ4v) is 2.54. The van der Waals surface area contributed by atoms with Gasteiger partial charge in [-0.25, -0.2) is 9.78 Å². The Kier molecular flexibility index (Phi) is 7.70.